The van der Waals surface area contributed by atoms with Crippen molar-refractivity contribution in [1.82, 2.24) is 5.32 Å². The minimum atomic E-state index is -0.0191. The Labute approximate surface area is 119 Å². The van der Waals surface area contributed by atoms with Crippen LogP contribution in [0.15, 0.2) is 0 Å². The van der Waals surface area contributed by atoms with Crippen molar-refractivity contribution in [2.45, 2.75) is 77.9 Å². The Hall–Kier alpha value is -0.0800. The lowest BCUT2D eigenvalue weighted by molar-refractivity contribution is 0.102. The van der Waals surface area contributed by atoms with E-state index < -0.39 is 0 Å². The number of rotatable bonds is 4. The van der Waals surface area contributed by atoms with E-state index in [4.69, 9.17) is 0 Å². The van der Waals surface area contributed by atoms with Crippen molar-refractivity contribution in [3.05, 3.63) is 0 Å². The van der Waals surface area contributed by atoms with Crippen molar-refractivity contribution in [3.8, 4) is 0 Å². The van der Waals surface area contributed by atoms with Crippen LogP contribution >= 0.6 is 0 Å². The van der Waals surface area contributed by atoms with Gasteiger partial charge in [-0.1, -0.05) is 27.2 Å². The first kappa shape index (κ1) is 15.3. The van der Waals surface area contributed by atoms with Crippen LogP contribution in [0.4, 0.5) is 0 Å². The lowest BCUT2D eigenvalue weighted by atomic mass is 9.74. The van der Waals surface area contributed by atoms with Gasteiger partial charge in [-0.15, -0.1) is 0 Å². The normalized spacial score (nSPS) is 40.6. The first-order valence-corrected chi connectivity index (χ1v) is 8.47. The number of aliphatic hydroxyl groups excluding tert-OH is 1. The van der Waals surface area contributed by atoms with E-state index in [9.17, 15) is 5.11 Å². The summed E-state index contributed by atoms with van der Waals surface area (Å²) in [7, 11) is 0. The second-order valence-electron chi connectivity index (χ2n) is 7.52. The molecule has 2 rings (SSSR count). The Balaban J connectivity index is 1.78. The summed E-state index contributed by atoms with van der Waals surface area (Å²) in [6.07, 6.45) is 8.61. The van der Waals surface area contributed by atoms with Crippen molar-refractivity contribution < 1.29 is 5.11 Å². The summed E-state index contributed by atoms with van der Waals surface area (Å²) in [6.45, 7) is 8.34. The second kappa shape index (κ2) is 7.08. The predicted octanol–water partition coefficient (Wildman–Crippen LogP) is 3.59. The summed E-state index contributed by atoms with van der Waals surface area (Å²) >= 11 is 0. The number of hydrogen-bond donors (Lipinski definition) is 2. The molecule has 19 heavy (non-hydrogen) atoms. The molecule has 0 heterocycles. The Morgan fingerprint density at radius 1 is 1.05 bits per heavy atom. The van der Waals surface area contributed by atoms with Crippen LogP contribution in [0.3, 0.4) is 0 Å². The Morgan fingerprint density at radius 2 is 1.74 bits per heavy atom. The van der Waals surface area contributed by atoms with Crippen molar-refractivity contribution in [2.75, 3.05) is 6.54 Å². The van der Waals surface area contributed by atoms with Gasteiger partial charge in [-0.3, -0.25) is 0 Å². The van der Waals surface area contributed by atoms with E-state index in [1.165, 1.54) is 38.6 Å². The number of hydrogen-bond acceptors (Lipinski definition) is 2. The van der Waals surface area contributed by atoms with Gasteiger partial charge in [0.25, 0.3) is 0 Å². The SMILES string of the molecule is CC1CCC(C(C)C)C(NCC2CCC(O)CC2)C1. The van der Waals surface area contributed by atoms with E-state index in [1.54, 1.807) is 0 Å². The summed E-state index contributed by atoms with van der Waals surface area (Å²) < 4.78 is 0. The van der Waals surface area contributed by atoms with Crippen LogP contribution in [0.2, 0.25) is 0 Å². The minimum Gasteiger partial charge on any atom is -0.393 e. The predicted molar refractivity (Wildman–Crippen MR) is 81.1 cm³/mol. The molecule has 2 heteroatoms. The Kier molecular flexibility index (Phi) is 5.70. The minimum absolute atomic E-state index is 0.0191. The highest BCUT2D eigenvalue weighted by atomic mass is 16.3. The highest BCUT2D eigenvalue weighted by Gasteiger charge is 2.31. The molecule has 2 fully saturated rings. The van der Waals surface area contributed by atoms with Gasteiger partial charge in [0.15, 0.2) is 0 Å². The third kappa shape index (κ3) is 4.46. The topological polar surface area (TPSA) is 32.3 Å². The molecule has 0 aromatic heterocycles. The second-order valence-corrected chi connectivity index (χ2v) is 7.52. The molecule has 3 atom stereocenters. The lowest BCUT2D eigenvalue weighted by Gasteiger charge is -2.39. The molecule has 2 nitrogen and oxygen atoms in total. The molecule has 3 unspecified atom stereocenters. The summed E-state index contributed by atoms with van der Waals surface area (Å²) in [5.74, 6) is 3.36. The third-order valence-corrected chi connectivity index (χ3v) is 5.51. The van der Waals surface area contributed by atoms with Gasteiger partial charge < -0.3 is 10.4 Å². The first-order chi connectivity index (χ1) is 9.06. The fraction of sp³-hybridized carbons (Fsp3) is 1.00. The van der Waals surface area contributed by atoms with Crippen LogP contribution in [0.25, 0.3) is 0 Å². The van der Waals surface area contributed by atoms with Crippen molar-refractivity contribution in [3.63, 3.8) is 0 Å². The zero-order valence-electron chi connectivity index (χ0n) is 13.1. The first-order valence-electron chi connectivity index (χ1n) is 8.47. The monoisotopic (exact) mass is 267 g/mol. The van der Waals surface area contributed by atoms with E-state index in [1.807, 2.05) is 0 Å². The van der Waals surface area contributed by atoms with Crippen LogP contribution in [0.1, 0.15) is 65.7 Å². The largest absolute Gasteiger partial charge is 0.393 e. The molecule has 2 aliphatic carbocycles. The van der Waals surface area contributed by atoms with Gasteiger partial charge in [-0.05, 0) is 68.7 Å². The molecule has 2 N–H and O–H groups in total. The van der Waals surface area contributed by atoms with Gasteiger partial charge in [0.05, 0.1) is 6.10 Å². The molecule has 2 aliphatic rings. The van der Waals surface area contributed by atoms with Gasteiger partial charge in [-0.2, -0.15) is 0 Å². The maximum absolute atomic E-state index is 9.57. The molecule has 0 aromatic carbocycles. The van der Waals surface area contributed by atoms with Crippen LogP contribution in [0, 0.1) is 23.7 Å². The fourth-order valence-electron chi connectivity index (χ4n) is 4.10. The van der Waals surface area contributed by atoms with Crippen LogP contribution < -0.4 is 5.32 Å². The highest BCUT2D eigenvalue weighted by molar-refractivity contribution is 4.86. The Bertz CT molecular complexity index is 258. The van der Waals surface area contributed by atoms with Gasteiger partial charge in [-0.25, -0.2) is 0 Å². The van der Waals surface area contributed by atoms with Crippen molar-refractivity contribution in [2.24, 2.45) is 23.7 Å². The molecule has 0 aromatic rings. The van der Waals surface area contributed by atoms with Crippen LogP contribution in [-0.4, -0.2) is 23.8 Å². The molecule has 112 valence electrons. The summed E-state index contributed by atoms with van der Waals surface area (Å²) in [5.41, 5.74) is 0. The van der Waals surface area contributed by atoms with Crippen LogP contribution in [-0.2, 0) is 0 Å². The van der Waals surface area contributed by atoms with Crippen molar-refractivity contribution >= 4 is 0 Å². The molecule has 2 saturated carbocycles. The zero-order chi connectivity index (χ0) is 13.8. The molecular formula is C17H33NO. The number of aliphatic hydroxyl groups is 1. The van der Waals surface area contributed by atoms with E-state index in [0.717, 1.165) is 42.6 Å². The average molecular weight is 267 g/mol. The zero-order valence-corrected chi connectivity index (χ0v) is 13.1. The van der Waals surface area contributed by atoms with E-state index in [2.05, 4.69) is 26.1 Å². The molecule has 0 spiro atoms. The fourth-order valence-corrected chi connectivity index (χ4v) is 4.10. The highest BCUT2D eigenvalue weighted by Crippen LogP contribution is 2.34. The number of nitrogens with one attached hydrogen (secondary N) is 1. The maximum Gasteiger partial charge on any atom is 0.0540 e. The van der Waals surface area contributed by atoms with Crippen molar-refractivity contribution in [1.29, 1.82) is 0 Å². The molecule has 0 bridgehead atoms. The molecule has 0 saturated heterocycles. The maximum atomic E-state index is 9.57. The summed E-state index contributed by atoms with van der Waals surface area (Å²) in [4.78, 5) is 0. The van der Waals surface area contributed by atoms with Gasteiger partial charge in [0, 0.05) is 6.04 Å². The molecule has 0 radical (unpaired) electrons. The quantitative estimate of drug-likeness (QED) is 0.816. The average Bonchev–Trinajstić information content (AvgIpc) is 2.38. The van der Waals surface area contributed by atoms with Crippen LogP contribution in [0.5, 0.6) is 0 Å². The summed E-state index contributed by atoms with van der Waals surface area (Å²) in [6, 6.07) is 0.732. The third-order valence-electron chi connectivity index (χ3n) is 5.51. The smallest absolute Gasteiger partial charge is 0.0540 e. The standard InChI is InChI=1S/C17H33NO/c1-12(2)16-9-4-13(3)10-17(16)18-11-14-5-7-15(19)8-6-14/h12-19H,4-11H2,1-3H3. The lowest BCUT2D eigenvalue weighted by Crippen LogP contribution is -2.45. The van der Waals surface area contributed by atoms with Gasteiger partial charge in [0.1, 0.15) is 0 Å². The molecular weight excluding hydrogens is 234 g/mol. The van der Waals surface area contributed by atoms with E-state index >= 15 is 0 Å². The molecule has 0 amide bonds. The van der Waals surface area contributed by atoms with Gasteiger partial charge in [0.2, 0.25) is 0 Å². The summed E-state index contributed by atoms with van der Waals surface area (Å²) in [5, 5.41) is 13.5. The van der Waals surface area contributed by atoms with E-state index in [-0.39, 0.29) is 6.10 Å². The Morgan fingerprint density at radius 3 is 2.37 bits per heavy atom. The van der Waals surface area contributed by atoms with Gasteiger partial charge >= 0.3 is 0 Å². The van der Waals surface area contributed by atoms with E-state index in [0.29, 0.717) is 0 Å². The molecule has 0 aliphatic heterocycles.